The summed E-state index contributed by atoms with van der Waals surface area (Å²) in [6.45, 7) is 4.57. The molecule has 3 nitrogen and oxygen atoms in total. The minimum absolute atomic E-state index is 0.576. The molecule has 0 atom stereocenters. The van der Waals surface area contributed by atoms with E-state index in [1.165, 1.54) is 0 Å². The summed E-state index contributed by atoms with van der Waals surface area (Å²) in [6.07, 6.45) is 1.51. The van der Waals surface area contributed by atoms with E-state index in [1.54, 1.807) is 7.11 Å². The monoisotopic (exact) mass is 223 g/mol. The molecule has 90 valence electrons. The highest BCUT2D eigenvalue weighted by Crippen LogP contribution is 2.18. The van der Waals surface area contributed by atoms with Gasteiger partial charge in [0.25, 0.3) is 0 Å². The number of hydrogen-bond acceptors (Lipinski definition) is 3. The molecule has 0 saturated heterocycles. The van der Waals surface area contributed by atoms with Gasteiger partial charge in [0.05, 0.1) is 12.7 Å². The van der Waals surface area contributed by atoms with E-state index >= 15 is 0 Å². The first-order chi connectivity index (χ1) is 7.63. The zero-order valence-corrected chi connectivity index (χ0v) is 10.3. The highest BCUT2D eigenvalue weighted by Gasteiger charge is 2.21. The van der Waals surface area contributed by atoms with Crippen molar-refractivity contribution in [1.82, 2.24) is 0 Å². The van der Waals surface area contributed by atoms with E-state index in [4.69, 9.17) is 4.74 Å². The van der Waals surface area contributed by atoms with E-state index in [1.807, 2.05) is 38.1 Å². The average Bonchev–Trinajstić information content (AvgIpc) is 2.36. The largest absolute Gasteiger partial charge is 0.497 e. The zero-order chi connectivity index (χ0) is 12.0. The molecule has 0 heterocycles. The molecule has 0 aliphatic carbocycles. The van der Waals surface area contributed by atoms with Gasteiger partial charge in [-0.05, 0) is 37.1 Å². The van der Waals surface area contributed by atoms with Crippen molar-refractivity contribution < 1.29 is 9.84 Å². The van der Waals surface area contributed by atoms with E-state index in [0.717, 1.165) is 24.3 Å². The molecule has 1 aromatic rings. The highest BCUT2D eigenvalue weighted by molar-refractivity contribution is 5.46. The molecule has 1 rings (SSSR count). The molecule has 2 N–H and O–H groups in total. The van der Waals surface area contributed by atoms with Gasteiger partial charge in [0.1, 0.15) is 5.75 Å². The number of nitrogens with one attached hydrogen (secondary N) is 1. The Balaban J connectivity index is 2.54. The van der Waals surface area contributed by atoms with Crippen molar-refractivity contribution in [3.05, 3.63) is 24.3 Å². The molecule has 0 radical (unpaired) electrons. The lowest BCUT2D eigenvalue weighted by Gasteiger charge is -2.25. The summed E-state index contributed by atoms with van der Waals surface area (Å²) >= 11 is 0. The molecule has 16 heavy (non-hydrogen) atoms. The number of benzene rings is 1. The Labute approximate surface area is 97.4 Å². The Kier molecular flexibility index (Phi) is 4.62. The van der Waals surface area contributed by atoms with E-state index in [2.05, 4.69) is 5.32 Å². The molecule has 0 amide bonds. The van der Waals surface area contributed by atoms with Gasteiger partial charge in [0, 0.05) is 12.2 Å². The van der Waals surface area contributed by atoms with Gasteiger partial charge in [-0.25, -0.2) is 0 Å². The first-order valence-electron chi connectivity index (χ1n) is 5.74. The molecule has 0 unspecified atom stereocenters. The lowest BCUT2D eigenvalue weighted by atomic mass is 9.97. The Morgan fingerprint density at radius 1 is 1.19 bits per heavy atom. The van der Waals surface area contributed by atoms with Gasteiger partial charge >= 0.3 is 0 Å². The molecule has 0 spiro atoms. The van der Waals surface area contributed by atoms with Crippen LogP contribution in [-0.2, 0) is 0 Å². The number of methoxy groups -OCH3 is 1. The maximum Gasteiger partial charge on any atom is 0.119 e. The maximum absolute atomic E-state index is 10.1. The quantitative estimate of drug-likeness (QED) is 0.779. The third-order valence-corrected chi connectivity index (χ3v) is 3.03. The predicted molar refractivity (Wildman–Crippen MR) is 67.0 cm³/mol. The summed E-state index contributed by atoms with van der Waals surface area (Å²) in [5.74, 6) is 0.840. The highest BCUT2D eigenvalue weighted by atomic mass is 16.5. The van der Waals surface area contributed by atoms with Crippen LogP contribution < -0.4 is 10.1 Å². The fourth-order valence-electron chi connectivity index (χ4n) is 1.48. The number of aliphatic hydroxyl groups is 1. The fraction of sp³-hybridized carbons (Fsp3) is 0.538. The summed E-state index contributed by atoms with van der Waals surface area (Å²) in [5.41, 5.74) is 0.390. The van der Waals surface area contributed by atoms with Crippen molar-refractivity contribution in [1.29, 1.82) is 0 Å². The van der Waals surface area contributed by atoms with Gasteiger partial charge in [-0.3, -0.25) is 0 Å². The second-order valence-electron chi connectivity index (χ2n) is 4.01. The molecule has 0 aromatic heterocycles. The number of ether oxygens (including phenoxy) is 1. The predicted octanol–water partition coefficient (Wildman–Crippen LogP) is 2.66. The molecular weight excluding hydrogens is 202 g/mol. The fourth-order valence-corrected chi connectivity index (χ4v) is 1.48. The summed E-state index contributed by atoms with van der Waals surface area (Å²) in [5, 5.41) is 13.3. The molecule has 0 fully saturated rings. The number of rotatable bonds is 6. The van der Waals surface area contributed by atoms with Crippen LogP contribution in [0, 0.1) is 0 Å². The Morgan fingerprint density at radius 2 is 1.75 bits per heavy atom. The van der Waals surface area contributed by atoms with Crippen LogP contribution in [0.25, 0.3) is 0 Å². The van der Waals surface area contributed by atoms with Gasteiger partial charge in [-0.15, -0.1) is 0 Å². The van der Waals surface area contributed by atoms with Crippen LogP contribution in [0.2, 0.25) is 0 Å². The zero-order valence-electron chi connectivity index (χ0n) is 10.3. The second kappa shape index (κ2) is 5.75. The van der Waals surface area contributed by atoms with Gasteiger partial charge in [0.15, 0.2) is 0 Å². The minimum Gasteiger partial charge on any atom is -0.497 e. The van der Waals surface area contributed by atoms with Crippen molar-refractivity contribution in [2.45, 2.75) is 32.3 Å². The summed E-state index contributed by atoms with van der Waals surface area (Å²) in [7, 11) is 1.65. The van der Waals surface area contributed by atoms with Crippen LogP contribution in [0.4, 0.5) is 5.69 Å². The number of anilines is 1. The molecule has 0 aliphatic heterocycles. The van der Waals surface area contributed by atoms with E-state index < -0.39 is 5.60 Å². The van der Waals surface area contributed by atoms with Crippen LogP contribution in [0.5, 0.6) is 5.75 Å². The Morgan fingerprint density at radius 3 is 2.19 bits per heavy atom. The lowest BCUT2D eigenvalue weighted by Crippen LogP contribution is -2.35. The average molecular weight is 223 g/mol. The first kappa shape index (κ1) is 12.8. The maximum atomic E-state index is 10.1. The van der Waals surface area contributed by atoms with Gasteiger partial charge in [-0.2, -0.15) is 0 Å². The molecule has 0 aliphatic rings. The standard InChI is InChI=1S/C13H21NO2/c1-4-13(15,5-2)10-14-11-6-8-12(16-3)9-7-11/h6-9,14-15H,4-5,10H2,1-3H3. The van der Waals surface area contributed by atoms with Crippen LogP contribution in [0.1, 0.15) is 26.7 Å². The van der Waals surface area contributed by atoms with Crippen molar-refractivity contribution >= 4 is 5.69 Å². The number of hydrogen-bond donors (Lipinski definition) is 2. The second-order valence-corrected chi connectivity index (χ2v) is 4.01. The topological polar surface area (TPSA) is 41.5 Å². The van der Waals surface area contributed by atoms with Crippen molar-refractivity contribution in [2.24, 2.45) is 0 Å². The van der Waals surface area contributed by atoms with E-state index in [9.17, 15) is 5.11 Å². The van der Waals surface area contributed by atoms with Gasteiger partial charge in [0.2, 0.25) is 0 Å². The SMILES string of the molecule is CCC(O)(CC)CNc1ccc(OC)cc1. The van der Waals surface area contributed by atoms with Crippen molar-refractivity contribution in [3.63, 3.8) is 0 Å². The van der Waals surface area contributed by atoms with Gasteiger partial charge in [-0.1, -0.05) is 13.8 Å². The Hall–Kier alpha value is -1.22. The lowest BCUT2D eigenvalue weighted by molar-refractivity contribution is 0.0457. The molecule has 0 saturated carbocycles. The molecule has 3 heteroatoms. The third-order valence-electron chi connectivity index (χ3n) is 3.03. The van der Waals surface area contributed by atoms with Crippen LogP contribution in [0.3, 0.4) is 0 Å². The third kappa shape index (κ3) is 3.42. The minimum atomic E-state index is -0.611. The van der Waals surface area contributed by atoms with E-state index in [-0.39, 0.29) is 0 Å². The van der Waals surface area contributed by atoms with Crippen LogP contribution >= 0.6 is 0 Å². The van der Waals surface area contributed by atoms with Crippen molar-refractivity contribution in [2.75, 3.05) is 19.0 Å². The summed E-state index contributed by atoms with van der Waals surface area (Å²) in [4.78, 5) is 0. The van der Waals surface area contributed by atoms with Crippen molar-refractivity contribution in [3.8, 4) is 5.75 Å². The molecule has 1 aromatic carbocycles. The Bertz CT molecular complexity index is 304. The first-order valence-corrected chi connectivity index (χ1v) is 5.74. The summed E-state index contributed by atoms with van der Waals surface area (Å²) in [6, 6.07) is 7.70. The van der Waals surface area contributed by atoms with E-state index in [0.29, 0.717) is 6.54 Å². The summed E-state index contributed by atoms with van der Waals surface area (Å²) < 4.78 is 5.08. The molecular formula is C13H21NO2. The van der Waals surface area contributed by atoms with Crippen LogP contribution in [-0.4, -0.2) is 24.4 Å². The van der Waals surface area contributed by atoms with Crippen LogP contribution in [0.15, 0.2) is 24.3 Å². The normalized spacial score (nSPS) is 11.2. The van der Waals surface area contributed by atoms with Gasteiger partial charge < -0.3 is 15.2 Å². The molecule has 0 bridgehead atoms. The smallest absolute Gasteiger partial charge is 0.119 e.